The molecular formula is C16H28N2O2S. The van der Waals surface area contributed by atoms with Crippen molar-refractivity contribution in [1.29, 1.82) is 0 Å². The molecule has 1 rings (SSSR count). The molecule has 1 aromatic rings. The standard InChI is InChI=1S/C16H28N2O2S/c1-6-7-17-11-15-9-16(14(5)8-13(15)4)21(19,20)18-10-12(2)3/h8-9,12,17-18H,6-7,10-11H2,1-5H3. The summed E-state index contributed by atoms with van der Waals surface area (Å²) in [6.07, 6.45) is 1.06. The van der Waals surface area contributed by atoms with Gasteiger partial charge in [-0.2, -0.15) is 0 Å². The highest BCUT2D eigenvalue weighted by molar-refractivity contribution is 7.89. The van der Waals surface area contributed by atoms with E-state index in [-0.39, 0.29) is 5.92 Å². The highest BCUT2D eigenvalue weighted by Gasteiger charge is 2.18. The molecule has 1 aromatic carbocycles. The first-order valence-electron chi connectivity index (χ1n) is 7.58. The van der Waals surface area contributed by atoms with Crippen LogP contribution in [0.1, 0.15) is 43.9 Å². The van der Waals surface area contributed by atoms with Crippen LogP contribution in [0.5, 0.6) is 0 Å². The van der Waals surface area contributed by atoms with Crippen molar-refractivity contribution in [3.05, 3.63) is 28.8 Å². The SMILES string of the molecule is CCCNCc1cc(S(=O)(=O)NCC(C)C)c(C)cc1C. The van der Waals surface area contributed by atoms with E-state index in [4.69, 9.17) is 0 Å². The van der Waals surface area contributed by atoms with Gasteiger partial charge in [0.15, 0.2) is 0 Å². The number of sulfonamides is 1. The van der Waals surface area contributed by atoms with Crippen LogP contribution in [0.4, 0.5) is 0 Å². The van der Waals surface area contributed by atoms with Crippen molar-refractivity contribution in [3.63, 3.8) is 0 Å². The van der Waals surface area contributed by atoms with Crippen molar-refractivity contribution in [2.75, 3.05) is 13.1 Å². The van der Waals surface area contributed by atoms with E-state index in [0.717, 1.165) is 29.7 Å². The molecule has 0 unspecified atom stereocenters. The average molecular weight is 312 g/mol. The summed E-state index contributed by atoms with van der Waals surface area (Å²) >= 11 is 0. The maximum atomic E-state index is 12.4. The first kappa shape index (κ1) is 18.1. The Bertz CT molecular complexity index is 566. The van der Waals surface area contributed by atoms with Crippen molar-refractivity contribution in [3.8, 4) is 0 Å². The van der Waals surface area contributed by atoms with Crippen molar-refractivity contribution < 1.29 is 8.42 Å². The van der Waals surface area contributed by atoms with Gasteiger partial charge in [-0.05, 0) is 55.5 Å². The van der Waals surface area contributed by atoms with Gasteiger partial charge in [-0.1, -0.05) is 26.8 Å². The molecule has 0 aromatic heterocycles. The molecule has 0 aliphatic heterocycles. The number of hydrogen-bond acceptors (Lipinski definition) is 3. The summed E-state index contributed by atoms with van der Waals surface area (Å²) in [5.41, 5.74) is 2.96. The highest BCUT2D eigenvalue weighted by Crippen LogP contribution is 2.20. The maximum Gasteiger partial charge on any atom is 0.240 e. The Kier molecular flexibility index (Phi) is 6.84. The molecule has 5 heteroatoms. The normalized spacial score (nSPS) is 12.1. The molecule has 0 bridgehead atoms. The molecular weight excluding hydrogens is 284 g/mol. The van der Waals surface area contributed by atoms with Crippen LogP contribution in [0.15, 0.2) is 17.0 Å². The van der Waals surface area contributed by atoms with E-state index in [1.54, 1.807) is 6.07 Å². The predicted octanol–water partition coefficient (Wildman–Crippen LogP) is 2.74. The topological polar surface area (TPSA) is 58.2 Å². The number of nitrogens with one attached hydrogen (secondary N) is 2. The fraction of sp³-hybridized carbons (Fsp3) is 0.625. The van der Waals surface area contributed by atoms with E-state index in [9.17, 15) is 8.42 Å². The summed E-state index contributed by atoms with van der Waals surface area (Å²) in [6.45, 7) is 12.1. The zero-order chi connectivity index (χ0) is 16.0. The Morgan fingerprint density at radius 1 is 1.14 bits per heavy atom. The number of benzene rings is 1. The lowest BCUT2D eigenvalue weighted by molar-refractivity contribution is 0.559. The molecule has 21 heavy (non-hydrogen) atoms. The predicted molar refractivity (Wildman–Crippen MR) is 87.9 cm³/mol. The second kappa shape index (κ2) is 7.92. The molecule has 0 spiro atoms. The highest BCUT2D eigenvalue weighted by atomic mass is 32.2. The van der Waals surface area contributed by atoms with E-state index in [2.05, 4.69) is 17.0 Å². The van der Waals surface area contributed by atoms with Gasteiger partial charge in [-0.15, -0.1) is 0 Å². The summed E-state index contributed by atoms with van der Waals surface area (Å²) in [5, 5.41) is 3.33. The zero-order valence-electron chi connectivity index (χ0n) is 13.8. The summed E-state index contributed by atoms with van der Waals surface area (Å²) in [5.74, 6) is 0.288. The molecule has 120 valence electrons. The summed E-state index contributed by atoms with van der Waals surface area (Å²) in [7, 11) is -3.43. The van der Waals surface area contributed by atoms with E-state index < -0.39 is 10.0 Å². The lowest BCUT2D eigenvalue weighted by Gasteiger charge is -2.15. The zero-order valence-corrected chi connectivity index (χ0v) is 14.6. The van der Waals surface area contributed by atoms with E-state index in [0.29, 0.717) is 18.0 Å². The fourth-order valence-electron chi connectivity index (χ4n) is 2.11. The van der Waals surface area contributed by atoms with Crippen LogP contribution < -0.4 is 10.0 Å². The molecule has 0 radical (unpaired) electrons. The minimum absolute atomic E-state index is 0.288. The Morgan fingerprint density at radius 2 is 1.81 bits per heavy atom. The molecule has 0 heterocycles. The first-order valence-corrected chi connectivity index (χ1v) is 9.06. The second-order valence-corrected chi connectivity index (χ2v) is 7.70. The van der Waals surface area contributed by atoms with Gasteiger partial charge in [0.2, 0.25) is 10.0 Å². The smallest absolute Gasteiger partial charge is 0.240 e. The molecule has 0 fully saturated rings. The minimum Gasteiger partial charge on any atom is -0.313 e. The molecule has 0 aliphatic rings. The van der Waals surface area contributed by atoms with Crippen LogP contribution in [-0.2, 0) is 16.6 Å². The lowest BCUT2D eigenvalue weighted by Crippen LogP contribution is -2.28. The Hall–Kier alpha value is -0.910. The third-order valence-corrected chi connectivity index (χ3v) is 4.91. The third kappa shape index (κ3) is 5.41. The van der Waals surface area contributed by atoms with Crippen LogP contribution in [-0.4, -0.2) is 21.5 Å². The lowest BCUT2D eigenvalue weighted by atomic mass is 10.1. The van der Waals surface area contributed by atoms with Crippen LogP contribution in [0.2, 0.25) is 0 Å². The fourth-order valence-corrected chi connectivity index (χ4v) is 3.60. The van der Waals surface area contributed by atoms with Gasteiger partial charge in [0, 0.05) is 13.1 Å². The number of hydrogen-bond donors (Lipinski definition) is 2. The van der Waals surface area contributed by atoms with Gasteiger partial charge in [0.1, 0.15) is 0 Å². The maximum absolute atomic E-state index is 12.4. The van der Waals surface area contributed by atoms with Crippen LogP contribution in [0, 0.1) is 19.8 Å². The summed E-state index contributed by atoms with van der Waals surface area (Å²) in [4.78, 5) is 0.391. The minimum atomic E-state index is -3.43. The average Bonchev–Trinajstić information content (AvgIpc) is 2.39. The van der Waals surface area contributed by atoms with Crippen molar-refractivity contribution >= 4 is 10.0 Å². The number of rotatable bonds is 8. The van der Waals surface area contributed by atoms with Crippen molar-refractivity contribution in [2.24, 2.45) is 5.92 Å². The third-order valence-electron chi connectivity index (χ3n) is 3.35. The Labute approximate surface area is 129 Å². The summed E-state index contributed by atoms with van der Waals surface area (Å²) in [6, 6.07) is 3.75. The van der Waals surface area contributed by atoms with Crippen LogP contribution >= 0.6 is 0 Å². The molecule has 0 atom stereocenters. The Morgan fingerprint density at radius 3 is 2.38 bits per heavy atom. The monoisotopic (exact) mass is 312 g/mol. The van der Waals surface area contributed by atoms with Gasteiger partial charge in [-0.25, -0.2) is 13.1 Å². The van der Waals surface area contributed by atoms with E-state index in [1.165, 1.54) is 0 Å². The van der Waals surface area contributed by atoms with Gasteiger partial charge in [0.05, 0.1) is 4.90 Å². The van der Waals surface area contributed by atoms with E-state index >= 15 is 0 Å². The quantitative estimate of drug-likeness (QED) is 0.726. The first-order chi connectivity index (χ1) is 9.77. The molecule has 0 saturated heterocycles. The molecule has 0 amide bonds. The molecule has 0 aliphatic carbocycles. The van der Waals surface area contributed by atoms with Crippen LogP contribution in [0.3, 0.4) is 0 Å². The van der Waals surface area contributed by atoms with Crippen molar-refractivity contribution in [1.82, 2.24) is 10.0 Å². The van der Waals surface area contributed by atoms with Crippen molar-refractivity contribution in [2.45, 2.75) is 52.5 Å². The molecule has 2 N–H and O–H groups in total. The molecule has 4 nitrogen and oxygen atoms in total. The van der Waals surface area contributed by atoms with Gasteiger partial charge in [-0.3, -0.25) is 0 Å². The largest absolute Gasteiger partial charge is 0.313 e. The second-order valence-electron chi connectivity index (χ2n) is 5.97. The van der Waals surface area contributed by atoms with Gasteiger partial charge < -0.3 is 5.32 Å². The van der Waals surface area contributed by atoms with E-state index in [1.807, 2.05) is 33.8 Å². The van der Waals surface area contributed by atoms with Crippen LogP contribution in [0.25, 0.3) is 0 Å². The summed E-state index contributed by atoms with van der Waals surface area (Å²) < 4.78 is 27.5. The Balaban J connectivity index is 3.03. The number of aryl methyl sites for hydroxylation is 2. The van der Waals surface area contributed by atoms with Gasteiger partial charge in [0.25, 0.3) is 0 Å². The molecule has 0 saturated carbocycles. The van der Waals surface area contributed by atoms with Gasteiger partial charge >= 0.3 is 0 Å².